The quantitative estimate of drug-likeness (QED) is 0.865. The van der Waals surface area contributed by atoms with Crippen LogP contribution in [0.5, 0.6) is 0 Å². The summed E-state index contributed by atoms with van der Waals surface area (Å²) in [5.41, 5.74) is 0.546. The van der Waals surface area contributed by atoms with Crippen molar-refractivity contribution in [2.75, 3.05) is 28.7 Å². The summed E-state index contributed by atoms with van der Waals surface area (Å²) in [6, 6.07) is 0. The minimum atomic E-state index is -2.95. The molecule has 1 atom stereocenters. The molecule has 118 valence electrons. The predicted molar refractivity (Wildman–Crippen MR) is 85.6 cm³/mol. The Morgan fingerprint density at radius 3 is 2.52 bits per heavy atom. The second-order valence-electron chi connectivity index (χ2n) is 6.20. The minimum absolute atomic E-state index is 0.151. The molecule has 0 saturated carbocycles. The average molecular weight is 312 g/mol. The van der Waals surface area contributed by atoms with Crippen molar-refractivity contribution >= 4 is 21.5 Å². The maximum Gasteiger partial charge on any atom is 0.152 e. The number of nitrogens with one attached hydrogen (secondary N) is 2. The fourth-order valence-electron chi connectivity index (χ4n) is 2.75. The van der Waals surface area contributed by atoms with Crippen LogP contribution in [0.1, 0.15) is 45.6 Å². The third kappa shape index (κ3) is 3.64. The van der Waals surface area contributed by atoms with E-state index < -0.39 is 15.4 Å². The van der Waals surface area contributed by atoms with E-state index in [1.165, 1.54) is 6.33 Å². The fourth-order valence-corrected chi connectivity index (χ4v) is 4.84. The van der Waals surface area contributed by atoms with Crippen LogP contribution in [0.2, 0.25) is 0 Å². The minimum Gasteiger partial charge on any atom is -0.370 e. The summed E-state index contributed by atoms with van der Waals surface area (Å²) < 4.78 is 23.5. The Labute approximate surface area is 126 Å². The molecule has 1 aromatic rings. The van der Waals surface area contributed by atoms with E-state index in [1.54, 1.807) is 0 Å². The molecule has 0 aliphatic carbocycles. The van der Waals surface area contributed by atoms with Crippen LogP contribution in [0.3, 0.4) is 0 Å². The molecular formula is C14H24N4O2S. The van der Waals surface area contributed by atoms with Gasteiger partial charge in [0.15, 0.2) is 9.84 Å². The van der Waals surface area contributed by atoms with Gasteiger partial charge < -0.3 is 10.6 Å². The summed E-state index contributed by atoms with van der Waals surface area (Å²) in [5.74, 6) is 2.17. The zero-order chi connectivity index (χ0) is 15.7. The lowest BCUT2D eigenvalue weighted by Gasteiger charge is -2.27. The first-order valence-corrected chi connectivity index (χ1v) is 9.16. The molecule has 1 aromatic heterocycles. The van der Waals surface area contributed by atoms with Crippen LogP contribution < -0.4 is 10.6 Å². The van der Waals surface area contributed by atoms with Gasteiger partial charge in [-0.15, -0.1) is 0 Å². The molecule has 7 heteroatoms. The Bertz CT molecular complexity index is 615. The van der Waals surface area contributed by atoms with E-state index >= 15 is 0 Å². The normalized spacial score (nSPS) is 24.2. The van der Waals surface area contributed by atoms with Crippen molar-refractivity contribution in [2.45, 2.75) is 45.6 Å². The van der Waals surface area contributed by atoms with Crippen LogP contribution in [0, 0.1) is 0 Å². The van der Waals surface area contributed by atoms with Gasteiger partial charge in [0.2, 0.25) is 0 Å². The molecule has 6 nitrogen and oxygen atoms in total. The van der Waals surface area contributed by atoms with Gasteiger partial charge in [0.25, 0.3) is 0 Å². The monoisotopic (exact) mass is 312 g/mol. The number of hydrogen-bond donors (Lipinski definition) is 2. The highest BCUT2D eigenvalue weighted by Crippen LogP contribution is 2.33. The van der Waals surface area contributed by atoms with Gasteiger partial charge in [-0.25, -0.2) is 18.4 Å². The molecule has 1 unspecified atom stereocenters. The summed E-state index contributed by atoms with van der Waals surface area (Å²) in [5, 5.41) is 6.59. The second-order valence-corrected chi connectivity index (χ2v) is 8.38. The molecule has 2 rings (SSSR count). The first-order valence-electron chi connectivity index (χ1n) is 7.34. The lowest BCUT2D eigenvalue weighted by atomic mass is 9.99. The third-order valence-electron chi connectivity index (χ3n) is 3.73. The highest BCUT2D eigenvalue weighted by Gasteiger charge is 2.39. The fraction of sp³-hybridized carbons (Fsp3) is 0.714. The number of anilines is 2. The van der Waals surface area contributed by atoms with Gasteiger partial charge >= 0.3 is 0 Å². The van der Waals surface area contributed by atoms with Crippen LogP contribution >= 0.6 is 0 Å². The number of aromatic nitrogens is 2. The molecule has 0 bridgehead atoms. The van der Waals surface area contributed by atoms with E-state index in [4.69, 9.17) is 0 Å². The van der Waals surface area contributed by atoms with E-state index in [0.717, 1.165) is 23.7 Å². The molecule has 0 amide bonds. The van der Waals surface area contributed by atoms with Gasteiger partial charge in [-0.3, -0.25) is 0 Å². The van der Waals surface area contributed by atoms with E-state index in [2.05, 4.69) is 34.4 Å². The Morgan fingerprint density at radius 1 is 1.33 bits per heavy atom. The Morgan fingerprint density at radius 2 is 2.00 bits per heavy atom. The summed E-state index contributed by atoms with van der Waals surface area (Å²) in [7, 11) is -2.95. The topological polar surface area (TPSA) is 84.0 Å². The SMILES string of the molecule is CCNc1ncnc(NC2(C)CCS(=O)(=O)C2)c1C(C)C. The largest absolute Gasteiger partial charge is 0.370 e. The predicted octanol–water partition coefficient (Wildman–Crippen LogP) is 2.02. The van der Waals surface area contributed by atoms with Crippen molar-refractivity contribution in [3.63, 3.8) is 0 Å². The summed E-state index contributed by atoms with van der Waals surface area (Å²) in [4.78, 5) is 8.64. The lowest BCUT2D eigenvalue weighted by Crippen LogP contribution is -2.36. The van der Waals surface area contributed by atoms with Crippen molar-refractivity contribution < 1.29 is 8.42 Å². The lowest BCUT2D eigenvalue weighted by molar-refractivity contribution is 0.570. The molecule has 21 heavy (non-hydrogen) atoms. The maximum atomic E-state index is 11.7. The standard InChI is InChI=1S/C14H24N4O2S/c1-5-15-12-11(10(2)3)13(17-9-16-12)18-14(4)6-7-21(19,20)8-14/h9-10H,5-8H2,1-4H3,(H2,15,16,17,18). The van der Waals surface area contributed by atoms with Crippen molar-refractivity contribution in [3.05, 3.63) is 11.9 Å². The Kier molecular flexibility index (Phi) is 4.41. The summed E-state index contributed by atoms with van der Waals surface area (Å²) in [6.07, 6.45) is 2.12. The van der Waals surface area contributed by atoms with Crippen molar-refractivity contribution in [3.8, 4) is 0 Å². The number of sulfone groups is 1. The molecular weight excluding hydrogens is 288 g/mol. The van der Waals surface area contributed by atoms with E-state index in [1.807, 2.05) is 13.8 Å². The van der Waals surface area contributed by atoms with Crippen molar-refractivity contribution in [1.82, 2.24) is 9.97 Å². The number of rotatable bonds is 5. The van der Waals surface area contributed by atoms with E-state index in [0.29, 0.717) is 6.42 Å². The number of hydrogen-bond acceptors (Lipinski definition) is 6. The van der Waals surface area contributed by atoms with Crippen molar-refractivity contribution in [1.29, 1.82) is 0 Å². The highest BCUT2D eigenvalue weighted by atomic mass is 32.2. The first-order chi connectivity index (χ1) is 9.76. The zero-order valence-electron chi connectivity index (χ0n) is 13.1. The Balaban J connectivity index is 2.34. The average Bonchev–Trinajstić information content (AvgIpc) is 2.63. The third-order valence-corrected chi connectivity index (χ3v) is 5.63. The van der Waals surface area contributed by atoms with Gasteiger partial charge in [-0.2, -0.15) is 0 Å². The van der Waals surface area contributed by atoms with Gasteiger partial charge in [0.1, 0.15) is 18.0 Å². The number of nitrogens with zero attached hydrogens (tertiary/aromatic N) is 2. The molecule has 0 aromatic carbocycles. The van der Waals surface area contributed by atoms with Crippen LogP contribution in [0.4, 0.5) is 11.6 Å². The molecule has 1 aliphatic rings. The van der Waals surface area contributed by atoms with E-state index in [9.17, 15) is 8.42 Å². The maximum absolute atomic E-state index is 11.7. The zero-order valence-corrected chi connectivity index (χ0v) is 13.9. The van der Waals surface area contributed by atoms with Gasteiger partial charge in [-0.05, 0) is 26.2 Å². The first kappa shape index (κ1) is 16.0. The van der Waals surface area contributed by atoms with Crippen LogP contribution in [-0.2, 0) is 9.84 Å². The van der Waals surface area contributed by atoms with Gasteiger partial charge in [0.05, 0.1) is 17.0 Å². The van der Waals surface area contributed by atoms with Crippen LogP contribution in [0.15, 0.2) is 6.33 Å². The molecule has 0 radical (unpaired) electrons. The second kappa shape index (κ2) is 5.79. The van der Waals surface area contributed by atoms with Crippen LogP contribution in [-0.4, -0.2) is 42.0 Å². The molecule has 2 N–H and O–H groups in total. The molecule has 2 heterocycles. The van der Waals surface area contributed by atoms with Crippen molar-refractivity contribution in [2.24, 2.45) is 0 Å². The highest BCUT2D eigenvalue weighted by molar-refractivity contribution is 7.91. The molecule has 1 aliphatic heterocycles. The molecule has 1 fully saturated rings. The van der Waals surface area contributed by atoms with E-state index in [-0.39, 0.29) is 17.4 Å². The van der Waals surface area contributed by atoms with Gasteiger partial charge in [0, 0.05) is 12.1 Å². The smallest absolute Gasteiger partial charge is 0.152 e. The van der Waals surface area contributed by atoms with Gasteiger partial charge in [-0.1, -0.05) is 13.8 Å². The van der Waals surface area contributed by atoms with Crippen LogP contribution in [0.25, 0.3) is 0 Å². The Hall–Kier alpha value is -1.37. The molecule has 0 spiro atoms. The summed E-state index contributed by atoms with van der Waals surface area (Å²) in [6.45, 7) is 8.90. The summed E-state index contributed by atoms with van der Waals surface area (Å²) >= 11 is 0. The molecule has 1 saturated heterocycles.